The third-order valence-electron chi connectivity index (χ3n) is 3.66. The van der Waals surface area contributed by atoms with Crippen molar-refractivity contribution in [3.63, 3.8) is 0 Å². The highest BCUT2D eigenvalue weighted by Gasteiger charge is 2.18. The Morgan fingerprint density at radius 2 is 1.95 bits per heavy atom. The second-order valence-corrected chi connectivity index (χ2v) is 6.70. The molecule has 0 heterocycles. The molecule has 0 aromatic heterocycles. The van der Waals surface area contributed by atoms with E-state index >= 15 is 0 Å². The second-order valence-electron chi connectivity index (χ2n) is 6.29. The van der Waals surface area contributed by atoms with Gasteiger partial charge in [0, 0.05) is 23.7 Å². The summed E-state index contributed by atoms with van der Waals surface area (Å²) in [5.74, 6) is 0. The summed E-state index contributed by atoms with van der Waals surface area (Å²) in [6.07, 6.45) is 4.50. The van der Waals surface area contributed by atoms with Crippen LogP contribution in [0.3, 0.4) is 0 Å². The maximum absolute atomic E-state index is 10.2. The maximum atomic E-state index is 10.2. The number of hydrogen-bond acceptors (Lipinski definition) is 2. The van der Waals surface area contributed by atoms with Crippen LogP contribution < -0.4 is 5.32 Å². The molecule has 2 nitrogen and oxygen atoms in total. The van der Waals surface area contributed by atoms with Gasteiger partial charge in [0.2, 0.25) is 0 Å². The van der Waals surface area contributed by atoms with Crippen molar-refractivity contribution in [2.24, 2.45) is 5.41 Å². The Kier molecular flexibility index (Phi) is 7.57. The van der Waals surface area contributed by atoms with Crippen molar-refractivity contribution in [2.75, 3.05) is 13.1 Å². The van der Waals surface area contributed by atoms with Crippen molar-refractivity contribution in [3.05, 3.63) is 34.9 Å². The standard InChI is InChI=1S/C17H28ClNO/c1-4-5-8-11-17(2,3)13-19-12-16(20)14-9-6-7-10-15(14)18/h6-7,9-10,16,19-20H,4-5,8,11-13H2,1-3H3. The van der Waals surface area contributed by atoms with E-state index in [9.17, 15) is 5.11 Å². The molecule has 3 heteroatoms. The second kappa shape index (κ2) is 8.66. The van der Waals surface area contributed by atoms with Crippen LogP contribution in [-0.2, 0) is 0 Å². The molecule has 20 heavy (non-hydrogen) atoms. The summed E-state index contributed by atoms with van der Waals surface area (Å²) >= 11 is 6.08. The molecule has 0 amide bonds. The fraction of sp³-hybridized carbons (Fsp3) is 0.647. The molecule has 0 aliphatic heterocycles. The predicted octanol–water partition coefficient (Wildman–Crippen LogP) is 4.57. The Bertz CT molecular complexity index is 392. The van der Waals surface area contributed by atoms with E-state index in [0.717, 1.165) is 12.1 Å². The van der Waals surface area contributed by atoms with Gasteiger partial charge in [0.1, 0.15) is 0 Å². The lowest BCUT2D eigenvalue weighted by molar-refractivity contribution is 0.167. The Morgan fingerprint density at radius 1 is 1.25 bits per heavy atom. The molecule has 0 bridgehead atoms. The fourth-order valence-electron chi connectivity index (χ4n) is 2.34. The van der Waals surface area contributed by atoms with Gasteiger partial charge < -0.3 is 10.4 Å². The highest BCUT2D eigenvalue weighted by Crippen LogP contribution is 2.24. The van der Waals surface area contributed by atoms with Crippen LogP contribution in [0.4, 0.5) is 0 Å². The quantitative estimate of drug-likeness (QED) is 0.654. The largest absolute Gasteiger partial charge is 0.387 e. The number of aliphatic hydroxyl groups excluding tert-OH is 1. The SMILES string of the molecule is CCCCCC(C)(C)CNCC(O)c1ccccc1Cl. The molecule has 1 rings (SSSR count). The molecule has 114 valence electrons. The minimum Gasteiger partial charge on any atom is -0.387 e. The number of hydrogen-bond donors (Lipinski definition) is 2. The first kappa shape index (κ1) is 17.5. The van der Waals surface area contributed by atoms with Crippen molar-refractivity contribution >= 4 is 11.6 Å². The van der Waals surface area contributed by atoms with Crippen LogP contribution in [0.15, 0.2) is 24.3 Å². The van der Waals surface area contributed by atoms with E-state index < -0.39 is 6.10 Å². The molecule has 1 aromatic carbocycles. The molecule has 1 atom stereocenters. The zero-order chi connectivity index (χ0) is 15.0. The lowest BCUT2D eigenvalue weighted by Crippen LogP contribution is -2.32. The van der Waals surface area contributed by atoms with Crippen molar-refractivity contribution in [2.45, 2.75) is 52.6 Å². The predicted molar refractivity (Wildman–Crippen MR) is 87.2 cm³/mol. The first-order valence-corrected chi connectivity index (χ1v) is 7.97. The van der Waals surface area contributed by atoms with E-state index in [2.05, 4.69) is 26.1 Å². The minimum atomic E-state index is -0.546. The van der Waals surface area contributed by atoms with Crippen LogP contribution in [0.25, 0.3) is 0 Å². The molecule has 0 saturated heterocycles. The third kappa shape index (κ3) is 6.25. The first-order valence-electron chi connectivity index (χ1n) is 7.59. The third-order valence-corrected chi connectivity index (χ3v) is 4.01. The highest BCUT2D eigenvalue weighted by molar-refractivity contribution is 6.31. The lowest BCUT2D eigenvalue weighted by atomic mass is 9.87. The van der Waals surface area contributed by atoms with E-state index in [1.165, 1.54) is 25.7 Å². The van der Waals surface area contributed by atoms with Gasteiger partial charge in [0.05, 0.1) is 6.10 Å². The summed E-state index contributed by atoms with van der Waals surface area (Å²) in [6.45, 7) is 8.24. The molecule has 2 N–H and O–H groups in total. The van der Waals surface area contributed by atoms with Gasteiger partial charge in [-0.25, -0.2) is 0 Å². The topological polar surface area (TPSA) is 32.3 Å². The average Bonchev–Trinajstić information content (AvgIpc) is 2.39. The average molecular weight is 298 g/mol. The Balaban J connectivity index is 2.34. The zero-order valence-corrected chi connectivity index (χ0v) is 13.7. The van der Waals surface area contributed by atoms with Crippen molar-refractivity contribution in [3.8, 4) is 0 Å². The molecule has 0 saturated carbocycles. The molecule has 0 radical (unpaired) electrons. The number of nitrogens with one attached hydrogen (secondary N) is 1. The number of benzene rings is 1. The number of unbranched alkanes of at least 4 members (excludes halogenated alkanes) is 2. The molecule has 0 aliphatic rings. The van der Waals surface area contributed by atoms with Crippen molar-refractivity contribution in [1.82, 2.24) is 5.32 Å². The normalized spacial score (nSPS) is 13.4. The summed E-state index contributed by atoms with van der Waals surface area (Å²) < 4.78 is 0. The van der Waals surface area contributed by atoms with Gasteiger partial charge in [-0.3, -0.25) is 0 Å². The van der Waals surface area contributed by atoms with Crippen LogP contribution in [0.5, 0.6) is 0 Å². The van der Waals surface area contributed by atoms with Crippen LogP contribution in [-0.4, -0.2) is 18.2 Å². The number of rotatable bonds is 9. The van der Waals surface area contributed by atoms with Gasteiger partial charge in [0.25, 0.3) is 0 Å². The van der Waals surface area contributed by atoms with Crippen LogP contribution >= 0.6 is 11.6 Å². The van der Waals surface area contributed by atoms with E-state index in [4.69, 9.17) is 11.6 Å². The monoisotopic (exact) mass is 297 g/mol. The Morgan fingerprint density at radius 3 is 2.60 bits per heavy atom. The van der Waals surface area contributed by atoms with Crippen LogP contribution in [0, 0.1) is 5.41 Å². The van der Waals surface area contributed by atoms with Crippen molar-refractivity contribution < 1.29 is 5.11 Å². The fourth-order valence-corrected chi connectivity index (χ4v) is 2.61. The summed E-state index contributed by atoms with van der Waals surface area (Å²) in [7, 11) is 0. The molecular formula is C17H28ClNO. The smallest absolute Gasteiger partial charge is 0.0928 e. The van der Waals surface area contributed by atoms with E-state index in [-0.39, 0.29) is 5.41 Å². The molecule has 1 aromatic rings. The highest BCUT2D eigenvalue weighted by atomic mass is 35.5. The van der Waals surface area contributed by atoms with Gasteiger partial charge in [0.15, 0.2) is 0 Å². The maximum Gasteiger partial charge on any atom is 0.0928 e. The van der Waals surface area contributed by atoms with Gasteiger partial charge in [-0.2, -0.15) is 0 Å². The van der Waals surface area contributed by atoms with Crippen molar-refractivity contribution in [1.29, 1.82) is 0 Å². The number of aliphatic hydroxyl groups is 1. The zero-order valence-electron chi connectivity index (χ0n) is 13.0. The van der Waals surface area contributed by atoms with Crippen LogP contribution in [0.1, 0.15) is 58.1 Å². The van der Waals surface area contributed by atoms with Gasteiger partial charge in [-0.05, 0) is 17.9 Å². The van der Waals surface area contributed by atoms with Crippen LogP contribution in [0.2, 0.25) is 5.02 Å². The number of halogens is 1. The first-order chi connectivity index (χ1) is 9.46. The summed E-state index contributed by atoms with van der Waals surface area (Å²) in [5, 5.41) is 14.2. The molecule has 1 unspecified atom stereocenters. The molecule has 0 aliphatic carbocycles. The molecule has 0 fully saturated rings. The van der Waals surface area contributed by atoms with Gasteiger partial charge in [-0.15, -0.1) is 0 Å². The van der Waals surface area contributed by atoms with E-state index in [1.54, 1.807) is 0 Å². The minimum absolute atomic E-state index is 0.273. The summed E-state index contributed by atoms with van der Waals surface area (Å²) in [4.78, 5) is 0. The molecule has 0 spiro atoms. The van der Waals surface area contributed by atoms with Gasteiger partial charge >= 0.3 is 0 Å². The summed E-state index contributed by atoms with van der Waals surface area (Å²) in [6, 6.07) is 7.47. The summed E-state index contributed by atoms with van der Waals surface area (Å²) in [5.41, 5.74) is 1.07. The van der Waals surface area contributed by atoms with E-state index in [0.29, 0.717) is 11.6 Å². The Labute approximate surface area is 128 Å². The molecular weight excluding hydrogens is 270 g/mol. The van der Waals surface area contributed by atoms with Gasteiger partial charge in [-0.1, -0.05) is 69.8 Å². The Hall–Kier alpha value is -0.570. The van der Waals surface area contributed by atoms with E-state index in [1.807, 2.05) is 24.3 Å². The lowest BCUT2D eigenvalue weighted by Gasteiger charge is -2.26.